The van der Waals surface area contributed by atoms with Crippen LogP contribution in [0.3, 0.4) is 0 Å². The van der Waals surface area contributed by atoms with Crippen LogP contribution in [0.4, 0.5) is 0 Å². The quantitative estimate of drug-likeness (QED) is 0.679. The highest BCUT2D eigenvalue weighted by molar-refractivity contribution is 7.89. The topological polar surface area (TPSA) is 84.1 Å². The third-order valence-corrected chi connectivity index (χ3v) is 3.08. The van der Waals surface area contributed by atoms with Crippen molar-refractivity contribution in [2.45, 2.75) is 18.9 Å². The number of H-pyrrole nitrogens is 1. The van der Waals surface area contributed by atoms with Gasteiger partial charge in [-0.15, -0.1) is 0 Å². The molecule has 0 spiro atoms. The molecule has 0 radical (unpaired) electrons. The number of imidazole rings is 1. The Morgan fingerprint density at radius 1 is 1.60 bits per heavy atom. The van der Waals surface area contributed by atoms with Crippen molar-refractivity contribution < 1.29 is 13.2 Å². The van der Waals surface area contributed by atoms with E-state index < -0.39 is 10.0 Å². The lowest BCUT2D eigenvalue weighted by Crippen LogP contribution is -2.27. The lowest BCUT2D eigenvalue weighted by molar-refractivity contribution is 0.153. The fraction of sp³-hybridized carbons (Fsp3) is 0.625. The van der Waals surface area contributed by atoms with Crippen LogP contribution in [0, 0.1) is 6.92 Å². The summed E-state index contributed by atoms with van der Waals surface area (Å²) < 4.78 is 30.6. The second kappa shape index (κ2) is 5.24. The summed E-state index contributed by atoms with van der Waals surface area (Å²) in [5.41, 5.74) is 0. The number of aryl methyl sites for hydroxylation is 1. The molecular formula is C8H15N3O3S. The van der Waals surface area contributed by atoms with E-state index in [9.17, 15) is 8.42 Å². The molecule has 15 heavy (non-hydrogen) atoms. The number of aromatic nitrogens is 2. The third kappa shape index (κ3) is 3.61. The first kappa shape index (κ1) is 12.2. The summed E-state index contributed by atoms with van der Waals surface area (Å²) in [4.78, 5) is 6.48. The number of nitrogens with one attached hydrogen (secondary N) is 2. The van der Waals surface area contributed by atoms with E-state index in [2.05, 4.69) is 14.7 Å². The number of nitrogens with zero attached hydrogens (tertiary/aromatic N) is 1. The fourth-order valence-electron chi connectivity index (χ4n) is 1.01. The lowest BCUT2D eigenvalue weighted by Gasteiger charge is -2.04. The van der Waals surface area contributed by atoms with Crippen LogP contribution >= 0.6 is 0 Å². The van der Waals surface area contributed by atoms with Crippen molar-refractivity contribution in [3.8, 4) is 0 Å². The molecule has 6 nitrogen and oxygen atoms in total. The number of sulfonamides is 1. The second-order valence-electron chi connectivity index (χ2n) is 2.93. The Balaban J connectivity index is 2.53. The van der Waals surface area contributed by atoms with Gasteiger partial charge in [0.1, 0.15) is 5.82 Å². The van der Waals surface area contributed by atoms with Crippen LogP contribution in [0.2, 0.25) is 0 Å². The largest absolute Gasteiger partial charge is 0.380 e. The first-order valence-electron chi connectivity index (χ1n) is 4.65. The molecule has 1 aromatic heterocycles. The van der Waals surface area contributed by atoms with Crippen LogP contribution < -0.4 is 4.72 Å². The molecule has 0 fully saturated rings. The van der Waals surface area contributed by atoms with Gasteiger partial charge in [-0.3, -0.25) is 0 Å². The van der Waals surface area contributed by atoms with E-state index in [1.165, 1.54) is 6.20 Å². The zero-order valence-corrected chi connectivity index (χ0v) is 9.60. The van der Waals surface area contributed by atoms with Gasteiger partial charge in [0.25, 0.3) is 10.0 Å². The molecule has 0 aliphatic rings. The molecular weight excluding hydrogens is 218 g/mol. The monoisotopic (exact) mass is 233 g/mol. The van der Waals surface area contributed by atoms with E-state index in [0.29, 0.717) is 19.0 Å². The summed E-state index contributed by atoms with van der Waals surface area (Å²) in [5, 5.41) is 0.0801. The first-order valence-corrected chi connectivity index (χ1v) is 6.13. The van der Waals surface area contributed by atoms with Gasteiger partial charge in [0.2, 0.25) is 0 Å². The average Bonchev–Trinajstić information content (AvgIpc) is 2.60. The molecule has 7 heteroatoms. The molecule has 0 saturated carbocycles. The summed E-state index contributed by atoms with van der Waals surface area (Å²) in [6.07, 6.45) is 1.29. The van der Waals surface area contributed by atoms with Gasteiger partial charge in [0.05, 0.1) is 12.8 Å². The molecule has 0 unspecified atom stereocenters. The predicted molar refractivity (Wildman–Crippen MR) is 55.0 cm³/mol. The molecule has 1 heterocycles. The van der Waals surface area contributed by atoms with Gasteiger partial charge >= 0.3 is 0 Å². The Morgan fingerprint density at radius 3 is 2.87 bits per heavy atom. The van der Waals surface area contributed by atoms with E-state index >= 15 is 0 Å². The predicted octanol–water partition coefficient (Wildman–Crippen LogP) is 0.0329. The van der Waals surface area contributed by atoms with Gasteiger partial charge in [0.15, 0.2) is 5.03 Å². The van der Waals surface area contributed by atoms with E-state index in [4.69, 9.17) is 4.74 Å². The second-order valence-corrected chi connectivity index (χ2v) is 4.66. The van der Waals surface area contributed by atoms with Gasteiger partial charge in [0, 0.05) is 13.2 Å². The van der Waals surface area contributed by atoms with Crippen molar-refractivity contribution in [1.82, 2.24) is 14.7 Å². The Bertz CT molecular complexity index is 399. The Kier molecular flexibility index (Phi) is 4.25. The standard InChI is InChI=1S/C8H15N3O3S/c1-3-14-5-4-10-15(12,13)8-6-9-7(2)11-8/h6,10H,3-5H2,1-2H3,(H,9,11). The van der Waals surface area contributed by atoms with Crippen molar-refractivity contribution in [2.24, 2.45) is 0 Å². The average molecular weight is 233 g/mol. The number of hydrogen-bond acceptors (Lipinski definition) is 4. The zero-order chi connectivity index (χ0) is 11.3. The van der Waals surface area contributed by atoms with E-state index in [0.717, 1.165) is 0 Å². The SMILES string of the molecule is CCOCCNS(=O)(=O)c1cnc(C)[nH]1. The molecule has 1 rings (SSSR count). The van der Waals surface area contributed by atoms with Crippen molar-refractivity contribution in [1.29, 1.82) is 0 Å². The van der Waals surface area contributed by atoms with Crippen LogP contribution in [-0.4, -0.2) is 38.1 Å². The summed E-state index contributed by atoms with van der Waals surface area (Å²) in [5.74, 6) is 0.570. The molecule has 0 aliphatic carbocycles. The number of hydrogen-bond donors (Lipinski definition) is 2. The molecule has 2 N–H and O–H groups in total. The maximum absolute atomic E-state index is 11.6. The van der Waals surface area contributed by atoms with Crippen molar-refractivity contribution in [3.05, 3.63) is 12.0 Å². The van der Waals surface area contributed by atoms with Crippen LogP contribution in [0.1, 0.15) is 12.7 Å². The molecule has 0 atom stereocenters. The minimum atomic E-state index is -3.47. The highest BCUT2D eigenvalue weighted by atomic mass is 32.2. The molecule has 0 saturated heterocycles. The summed E-state index contributed by atoms with van der Waals surface area (Å²) in [6.45, 7) is 4.74. The number of ether oxygens (including phenoxy) is 1. The van der Waals surface area contributed by atoms with Gasteiger partial charge < -0.3 is 9.72 Å². The Morgan fingerprint density at radius 2 is 2.33 bits per heavy atom. The Hall–Kier alpha value is -0.920. The molecule has 0 bridgehead atoms. The van der Waals surface area contributed by atoms with Gasteiger partial charge in [-0.25, -0.2) is 18.1 Å². The van der Waals surface area contributed by atoms with Gasteiger partial charge in [-0.2, -0.15) is 0 Å². The van der Waals surface area contributed by atoms with Gasteiger partial charge in [-0.05, 0) is 13.8 Å². The van der Waals surface area contributed by atoms with Crippen LogP contribution in [0.25, 0.3) is 0 Å². The zero-order valence-electron chi connectivity index (χ0n) is 8.78. The normalized spacial score (nSPS) is 11.9. The maximum atomic E-state index is 11.6. The highest BCUT2D eigenvalue weighted by Crippen LogP contribution is 2.03. The van der Waals surface area contributed by atoms with Crippen molar-refractivity contribution >= 4 is 10.0 Å². The van der Waals surface area contributed by atoms with Crippen LogP contribution in [-0.2, 0) is 14.8 Å². The Labute approximate surface area is 89.1 Å². The molecule has 86 valence electrons. The maximum Gasteiger partial charge on any atom is 0.257 e. The van der Waals surface area contributed by atoms with Crippen LogP contribution in [0.5, 0.6) is 0 Å². The smallest absolute Gasteiger partial charge is 0.257 e. The minimum absolute atomic E-state index is 0.0801. The van der Waals surface area contributed by atoms with Crippen LogP contribution in [0.15, 0.2) is 11.2 Å². The van der Waals surface area contributed by atoms with Gasteiger partial charge in [-0.1, -0.05) is 0 Å². The summed E-state index contributed by atoms with van der Waals surface area (Å²) in [7, 11) is -3.47. The number of aromatic amines is 1. The highest BCUT2D eigenvalue weighted by Gasteiger charge is 2.15. The van der Waals surface area contributed by atoms with E-state index in [1.807, 2.05) is 6.92 Å². The molecule has 0 amide bonds. The number of rotatable bonds is 6. The first-order chi connectivity index (χ1) is 7.06. The summed E-state index contributed by atoms with van der Waals surface area (Å²) >= 11 is 0. The van der Waals surface area contributed by atoms with Crippen molar-refractivity contribution in [3.63, 3.8) is 0 Å². The fourth-order valence-corrected chi connectivity index (χ4v) is 1.99. The third-order valence-electron chi connectivity index (χ3n) is 1.71. The van der Waals surface area contributed by atoms with E-state index in [-0.39, 0.29) is 11.6 Å². The minimum Gasteiger partial charge on any atom is -0.380 e. The molecule has 0 aromatic carbocycles. The van der Waals surface area contributed by atoms with Crippen molar-refractivity contribution in [2.75, 3.05) is 19.8 Å². The van der Waals surface area contributed by atoms with E-state index in [1.54, 1.807) is 6.92 Å². The summed E-state index contributed by atoms with van der Waals surface area (Å²) in [6, 6.07) is 0. The lowest BCUT2D eigenvalue weighted by atomic mass is 10.7. The molecule has 0 aliphatic heterocycles. The molecule has 1 aromatic rings.